The standard InChI is InChI=1S/C26H36N2O3S/c1-6-13-27(26(30)19(4)5)16-25(29)28-14-11-24-22(12-15-32-24)23(28)17-31-21-9-7-20(8-10-21)18(2)3/h7-10,12,15,18-19,23H,6,11,13-14,16-17H2,1-5H3. The van der Waals surface area contributed by atoms with Gasteiger partial charge in [0.1, 0.15) is 12.4 Å². The van der Waals surface area contributed by atoms with Crippen LogP contribution < -0.4 is 4.74 Å². The maximum Gasteiger partial charge on any atom is 0.242 e. The molecule has 1 unspecified atom stereocenters. The summed E-state index contributed by atoms with van der Waals surface area (Å²) in [7, 11) is 0. The molecule has 2 heterocycles. The minimum Gasteiger partial charge on any atom is -0.491 e. The van der Waals surface area contributed by atoms with Crippen LogP contribution in [0.1, 0.15) is 69.0 Å². The molecule has 5 nitrogen and oxygen atoms in total. The van der Waals surface area contributed by atoms with E-state index in [2.05, 4.69) is 37.4 Å². The largest absolute Gasteiger partial charge is 0.491 e. The number of rotatable bonds is 9. The van der Waals surface area contributed by atoms with Crippen LogP contribution in [0.2, 0.25) is 0 Å². The first kappa shape index (κ1) is 24.3. The number of nitrogens with zero attached hydrogens (tertiary/aromatic N) is 2. The van der Waals surface area contributed by atoms with Gasteiger partial charge in [-0.15, -0.1) is 11.3 Å². The van der Waals surface area contributed by atoms with Gasteiger partial charge in [-0.05, 0) is 53.5 Å². The van der Waals surface area contributed by atoms with Crippen molar-refractivity contribution in [3.8, 4) is 5.75 Å². The first-order valence-corrected chi connectivity index (χ1v) is 12.6. The quantitative estimate of drug-likeness (QED) is 0.516. The van der Waals surface area contributed by atoms with Gasteiger partial charge in [0.2, 0.25) is 11.8 Å². The normalized spacial score (nSPS) is 15.7. The van der Waals surface area contributed by atoms with Crippen molar-refractivity contribution >= 4 is 23.2 Å². The Hall–Kier alpha value is -2.34. The fourth-order valence-electron chi connectivity index (χ4n) is 4.16. The van der Waals surface area contributed by atoms with E-state index >= 15 is 0 Å². The zero-order chi connectivity index (χ0) is 23.3. The van der Waals surface area contributed by atoms with Crippen LogP contribution in [-0.4, -0.2) is 47.9 Å². The smallest absolute Gasteiger partial charge is 0.242 e. The molecule has 2 amide bonds. The highest BCUT2D eigenvalue weighted by Gasteiger charge is 2.33. The van der Waals surface area contributed by atoms with E-state index in [0.717, 1.165) is 18.6 Å². The SMILES string of the molecule is CCCN(CC(=O)N1CCc2sccc2C1COc1ccc(C(C)C)cc1)C(=O)C(C)C. The first-order chi connectivity index (χ1) is 15.3. The van der Waals surface area contributed by atoms with Crippen molar-refractivity contribution < 1.29 is 14.3 Å². The molecule has 0 radical (unpaired) electrons. The lowest BCUT2D eigenvalue weighted by atomic mass is 10.00. The highest BCUT2D eigenvalue weighted by molar-refractivity contribution is 7.10. The Morgan fingerprint density at radius 3 is 2.50 bits per heavy atom. The van der Waals surface area contributed by atoms with Crippen molar-refractivity contribution in [1.29, 1.82) is 0 Å². The van der Waals surface area contributed by atoms with Gasteiger partial charge in [0.05, 0.1) is 12.6 Å². The van der Waals surface area contributed by atoms with Crippen molar-refractivity contribution in [2.45, 2.75) is 59.4 Å². The molecule has 1 aliphatic rings. The lowest BCUT2D eigenvalue weighted by Crippen LogP contribution is -2.48. The van der Waals surface area contributed by atoms with E-state index in [1.807, 2.05) is 37.8 Å². The van der Waals surface area contributed by atoms with Crippen LogP contribution in [0.4, 0.5) is 0 Å². The monoisotopic (exact) mass is 456 g/mol. The van der Waals surface area contributed by atoms with Gasteiger partial charge in [0.25, 0.3) is 0 Å². The second kappa shape index (κ2) is 11.0. The van der Waals surface area contributed by atoms with Crippen molar-refractivity contribution in [3.63, 3.8) is 0 Å². The molecule has 0 N–H and O–H groups in total. The summed E-state index contributed by atoms with van der Waals surface area (Å²) in [6.07, 6.45) is 1.68. The fraction of sp³-hybridized carbons (Fsp3) is 0.538. The highest BCUT2D eigenvalue weighted by atomic mass is 32.1. The number of fused-ring (bicyclic) bond motifs is 1. The molecule has 174 valence electrons. The van der Waals surface area contributed by atoms with Gasteiger partial charge in [-0.3, -0.25) is 9.59 Å². The molecule has 0 saturated carbocycles. The van der Waals surface area contributed by atoms with Crippen LogP contribution in [0.15, 0.2) is 35.7 Å². The summed E-state index contributed by atoms with van der Waals surface area (Å²) in [6.45, 7) is 11.9. The predicted molar refractivity (Wildman–Crippen MR) is 130 cm³/mol. The van der Waals surface area contributed by atoms with E-state index < -0.39 is 0 Å². The Morgan fingerprint density at radius 2 is 1.88 bits per heavy atom. The van der Waals surface area contributed by atoms with Gasteiger partial charge in [-0.2, -0.15) is 0 Å². The Labute approximate surface area is 196 Å². The number of carbonyl (C=O) groups excluding carboxylic acids is 2. The van der Waals surface area contributed by atoms with Crippen LogP contribution in [0.5, 0.6) is 5.75 Å². The van der Waals surface area contributed by atoms with Crippen LogP contribution >= 0.6 is 11.3 Å². The molecule has 6 heteroatoms. The Kier molecular flexibility index (Phi) is 8.35. The summed E-state index contributed by atoms with van der Waals surface area (Å²) in [4.78, 5) is 30.9. The number of amides is 2. The van der Waals surface area contributed by atoms with Crippen LogP contribution in [0.25, 0.3) is 0 Å². The van der Waals surface area contributed by atoms with Crippen LogP contribution in [-0.2, 0) is 16.0 Å². The van der Waals surface area contributed by atoms with E-state index in [1.54, 1.807) is 16.2 Å². The van der Waals surface area contributed by atoms with Gasteiger partial charge in [-0.25, -0.2) is 0 Å². The van der Waals surface area contributed by atoms with Crippen molar-refractivity contribution in [1.82, 2.24) is 9.80 Å². The molecule has 0 saturated heterocycles. The predicted octanol–water partition coefficient (Wildman–Crippen LogP) is 5.27. The molecular formula is C26H36N2O3S. The third-order valence-corrected chi connectivity index (χ3v) is 6.99. The molecule has 0 aliphatic carbocycles. The molecule has 0 bridgehead atoms. The second-order valence-electron chi connectivity index (χ2n) is 9.10. The third kappa shape index (κ3) is 5.71. The molecular weight excluding hydrogens is 420 g/mol. The summed E-state index contributed by atoms with van der Waals surface area (Å²) in [6, 6.07) is 10.2. The van der Waals surface area contributed by atoms with Gasteiger partial charge < -0.3 is 14.5 Å². The molecule has 1 aliphatic heterocycles. The van der Waals surface area contributed by atoms with E-state index in [0.29, 0.717) is 25.6 Å². The average molecular weight is 457 g/mol. The summed E-state index contributed by atoms with van der Waals surface area (Å²) in [5, 5.41) is 2.09. The summed E-state index contributed by atoms with van der Waals surface area (Å²) in [5.41, 5.74) is 2.45. The fourth-order valence-corrected chi connectivity index (χ4v) is 5.08. The lowest BCUT2D eigenvalue weighted by molar-refractivity contribution is -0.144. The summed E-state index contributed by atoms with van der Waals surface area (Å²) in [5.74, 6) is 1.20. The Bertz CT molecular complexity index is 904. The zero-order valence-electron chi connectivity index (χ0n) is 20.0. The van der Waals surface area contributed by atoms with E-state index in [9.17, 15) is 9.59 Å². The number of thiophene rings is 1. The molecule has 3 rings (SSSR count). The number of carbonyl (C=O) groups is 2. The van der Waals surface area contributed by atoms with Crippen LogP contribution in [0.3, 0.4) is 0 Å². The number of ether oxygens (including phenoxy) is 1. The molecule has 2 aromatic rings. The Balaban J connectivity index is 1.75. The first-order valence-electron chi connectivity index (χ1n) is 11.7. The van der Waals surface area contributed by atoms with Gasteiger partial charge in [0.15, 0.2) is 0 Å². The van der Waals surface area contributed by atoms with Crippen LogP contribution in [0, 0.1) is 5.92 Å². The lowest BCUT2D eigenvalue weighted by Gasteiger charge is -2.37. The Morgan fingerprint density at radius 1 is 1.16 bits per heavy atom. The van der Waals surface area contributed by atoms with Gasteiger partial charge in [0, 0.05) is 23.9 Å². The van der Waals surface area contributed by atoms with Crippen molar-refractivity contribution in [2.75, 3.05) is 26.2 Å². The molecule has 0 fully saturated rings. The topological polar surface area (TPSA) is 49.9 Å². The van der Waals surface area contributed by atoms with Gasteiger partial charge >= 0.3 is 0 Å². The minimum absolute atomic E-state index is 0.00643. The zero-order valence-corrected chi connectivity index (χ0v) is 20.8. The van der Waals surface area contributed by atoms with Crippen molar-refractivity contribution in [2.24, 2.45) is 5.92 Å². The minimum atomic E-state index is -0.139. The maximum atomic E-state index is 13.4. The summed E-state index contributed by atoms with van der Waals surface area (Å²) >= 11 is 1.74. The second-order valence-corrected chi connectivity index (χ2v) is 10.1. The third-order valence-electron chi connectivity index (χ3n) is 6.00. The molecule has 1 aromatic carbocycles. The number of hydrogen-bond donors (Lipinski definition) is 0. The highest BCUT2D eigenvalue weighted by Crippen LogP contribution is 2.34. The molecule has 1 atom stereocenters. The van der Waals surface area contributed by atoms with Crippen molar-refractivity contribution in [3.05, 3.63) is 51.7 Å². The van der Waals surface area contributed by atoms with E-state index in [1.165, 1.54) is 16.0 Å². The average Bonchev–Trinajstić information content (AvgIpc) is 3.25. The number of benzene rings is 1. The molecule has 0 spiro atoms. The van der Waals surface area contributed by atoms with Gasteiger partial charge in [-0.1, -0.05) is 46.8 Å². The number of hydrogen-bond acceptors (Lipinski definition) is 4. The van der Waals surface area contributed by atoms with E-state index in [-0.39, 0.29) is 30.3 Å². The molecule has 32 heavy (non-hydrogen) atoms. The van der Waals surface area contributed by atoms with E-state index in [4.69, 9.17) is 4.74 Å². The molecule has 1 aromatic heterocycles. The maximum absolute atomic E-state index is 13.4. The summed E-state index contributed by atoms with van der Waals surface area (Å²) < 4.78 is 6.16.